The number of unbranched alkanes of at least 4 members (excludes halogenated alkanes) is 2. The summed E-state index contributed by atoms with van der Waals surface area (Å²) in [7, 11) is 0. The number of carbonyl (C=O) groups excluding carboxylic acids is 2. The zero-order valence-corrected chi connectivity index (χ0v) is 30.7. The van der Waals surface area contributed by atoms with Crippen LogP contribution >= 0.6 is 0 Å². The maximum Gasteiger partial charge on any atom is 0.273 e. The molecule has 13 nitrogen and oxygen atoms in total. The van der Waals surface area contributed by atoms with Crippen molar-refractivity contribution < 1.29 is 38.0 Å². The van der Waals surface area contributed by atoms with Crippen LogP contribution in [0.15, 0.2) is 0 Å². The first kappa shape index (κ1) is 43.6. The Morgan fingerprint density at radius 3 is 1.48 bits per heavy atom. The van der Waals surface area contributed by atoms with E-state index in [2.05, 4.69) is 41.4 Å². The third-order valence-corrected chi connectivity index (χ3v) is 7.02. The fourth-order valence-electron chi connectivity index (χ4n) is 4.35. The fourth-order valence-corrected chi connectivity index (χ4v) is 4.35. The van der Waals surface area contributed by atoms with E-state index >= 15 is 0 Å². The molecule has 0 fully saturated rings. The van der Waals surface area contributed by atoms with E-state index in [1.807, 2.05) is 20.8 Å². The number of hydrogen-bond acceptors (Lipinski definition) is 11. The Hall–Kier alpha value is -2.42. The Labute approximate surface area is 289 Å². The van der Waals surface area contributed by atoms with Gasteiger partial charge in [0.05, 0.1) is 58.5 Å². The van der Waals surface area contributed by atoms with Gasteiger partial charge in [0.1, 0.15) is 0 Å². The molecule has 0 spiro atoms. The normalized spacial score (nSPS) is 11.7. The number of nitrogens with two attached hydrogens (primary N) is 1. The maximum absolute atomic E-state index is 13.0. The van der Waals surface area contributed by atoms with Crippen molar-refractivity contribution in [3.63, 3.8) is 0 Å². The van der Waals surface area contributed by atoms with Crippen molar-refractivity contribution in [1.29, 1.82) is 0 Å². The summed E-state index contributed by atoms with van der Waals surface area (Å²) in [5, 5.41) is 5.67. The molecule has 0 unspecified atom stereocenters. The zero-order valence-electron chi connectivity index (χ0n) is 30.7. The standard InChI is InChI=1S/C35H65N5O8/c1-7-8-9-16-43-20-24-47-26-22-45-18-11-14-37-33(41)29-31(35(4,5)6)39-30(32(36)40-29)34(42)38-15-12-19-46-23-27-48-25-21-44-17-10-13-28(2)3/h28H,7-27H2,1-6H3,(H2,36,40)(H,37,41)(H,38,42). The van der Waals surface area contributed by atoms with E-state index in [-0.39, 0.29) is 17.2 Å². The number of rotatable bonds is 30. The molecule has 1 aromatic rings. The van der Waals surface area contributed by atoms with Gasteiger partial charge in [-0.2, -0.15) is 0 Å². The second-order valence-electron chi connectivity index (χ2n) is 13.0. The van der Waals surface area contributed by atoms with Gasteiger partial charge in [-0.25, -0.2) is 9.97 Å². The predicted molar refractivity (Wildman–Crippen MR) is 188 cm³/mol. The van der Waals surface area contributed by atoms with E-state index in [0.29, 0.717) is 104 Å². The van der Waals surface area contributed by atoms with E-state index in [4.69, 9.17) is 34.2 Å². The van der Waals surface area contributed by atoms with Crippen LogP contribution < -0.4 is 16.4 Å². The highest BCUT2D eigenvalue weighted by atomic mass is 16.5. The lowest BCUT2D eigenvalue weighted by molar-refractivity contribution is 0.0133. The van der Waals surface area contributed by atoms with Crippen LogP contribution in [-0.2, 0) is 33.8 Å². The molecule has 13 heteroatoms. The molecule has 0 aromatic carbocycles. The molecule has 1 rings (SSSR count). The summed E-state index contributed by atoms with van der Waals surface area (Å²) < 4.78 is 33.2. The lowest BCUT2D eigenvalue weighted by atomic mass is 9.89. The molecular weight excluding hydrogens is 618 g/mol. The maximum atomic E-state index is 13.0. The SMILES string of the molecule is CCCCCOCCOCCOCCCNC(=O)c1nc(N)c(C(=O)NCCCOCCOCCOCCCC(C)C)nc1C(C)(C)C. The molecule has 0 aliphatic rings. The van der Waals surface area contributed by atoms with Crippen molar-refractivity contribution in [2.45, 2.75) is 91.9 Å². The van der Waals surface area contributed by atoms with Crippen molar-refractivity contribution in [3.8, 4) is 0 Å². The number of carbonyl (C=O) groups is 2. The highest BCUT2D eigenvalue weighted by Gasteiger charge is 2.28. The topological polar surface area (TPSA) is 165 Å². The van der Waals surface area contributed by atoms with Crippen LogP contribution in [0.2, 0.25) is 0 Å². The van der Waals surface area contributed by atoms with Crippen molar-refractivity contribution >= 4 is 17.6 Å². The molecule has 2 amide bonds. The van der Waals surface area contributed by atoms with Crippen LogP contribution in [0.5, 0.6) is 0 Å². The minimum Gasteiger partial charge on any atom is -0.382 e. The molecule has 278 valence electrons. The molecule has 0 radical (unpaired) electrons. The number of nitrogens with zero attached hydrogens (tertiary/aromatic N) is 2. The second kappa shape index (κ2) is 27.4. The number of hydrogen-bond donors (Lipinski definition) is 3. The minimum absolute atomic E-state index is 0.00380. The number of nitrogen functional groups attached to an aromatic ring is 1. The predicted octanol–water partition coefficient (Wildman–Crippen LogP) is 4.32. The van der Waals surface area contributed by atoms with Crippen molar-refractivity contribution in [3.05, 3.63) is 17.1 Å². The van der Waals surface area contributed by atoms with Gasteiger partial charge in [0, 0.05) is 44.9 Å². The summed E-state index contributed by atoms with van der Waals surface area (Å²) in [6.45, 7) is 19.7. The quantitative estimate of drug-likeness (QED) is 0.0989. The van der Waals surface area contributed by atoms with E-state index < -0.39 is 17.2 Å². The van der Waals surface area contributed by atoms with Gasteiger partial charge in [-0.05, 0) is 38.0 Å². The largest absolute Gasteiger partial charge is 0.382 e. The molecule has 1 heterocycles. The average Bonchev–Trinajstić information content (AvgIpc) is 3.04. The summed E-state index contributed by atoms with van der Waals surface area (Å²) in [6.07, 6.45) is 6.92. The lowest BCUT2D eigenvalue weighted by Gasteiger charge is -2.22. The summed E-state index contributed by atoms with van der Waals surface area (Å²) in [5.41, 5.74) is 6.05. The molecule has 0 saturated carbocycles. The highest BCUT2D eigenvalue weighted by Crippen LogP contribution is 2.25. The van der Waals surface area contributed by atoms with Gasteiger partial charge in [0.15, 0.2) is 17.2 Å². The van der Waals surface area contributed by atoms with Gasteiger partial charge < -0.3 is 44.8 Å². The monoisotopic (exact) mass is 683 g/mol. The molecule has 4 N–H and O–H groups in total. The van der Waals surface area contributed by atoms with E-state index in [9.17, 15) is 9.59 Å². The minimum atomic E-state index is -0.554. The Morgan fingerprint density at radius 2 is 1.04 bits per heavy atom. The van der Waals surface area contributed by atoms with Gasteiger partial charge in [0.25, 0.3) is 11.8 Å². The molecule has 0 saturated heterocycles. The van der Waals surface area contributed by atoms with Crippen LogP contribution in [-0.4, -0.2) is 114 Å². The van der Waals surface area contributed by atoms with Gasteiger partial charge in [0.2, 0.25) is 0 Å². The number of aromatic nitrogens is 2. The second-order valence-corrected chi connectivity index (χ2v) is 13.0. The van der Waals surface area contributed by atoms with Gasteiger partial charge in [-0.15, -0.1) is 0 Å². The Morgan fingerprint density at radius 1 is 0.625 bits per heavy atom. The van der Waals surface area contributed by atoms with Gasteiger partial charge in [-0.1, -0.05) is 54.4 Å². The summed E-state index contributed by atoms with van der Waals surface area (Å²) >= 11 is 0. The Kier molecular flexibility index (Phi) is 24.9. The van der Waals surface area contributed by atoms with E-state index in [1.165, 1.54) is 19.3 Å². The van der Waals surface area contributed by atoms with Gasteiger partial charge >= 0.3 is 0 Å². The highest BCUT2D eigenvalue weighted by molar-refractivity contribution is 5.99. The molecule has 0 atom stereocenters. The van der Waals surface area contributed by atoms with Crippen LogP contribution in [0, 0.1) is 5.92 Å². The average molecular weight is 684 g/mol. The first-order chi connectivity index (χ1) is 23.1. The fraction of sp³-hybridized carbons (Fsp3) is 0.829. The summed E-state index contributed by atoms with van der Waals surface area (Å²) in [6, 6.07) is 0. The van der Waals surface area contributed by atoms with Crippen molar-refractivity contribution in [2.75, 3.05) is 98.1 Å². The first-order valence-electron chi connectivity index (χ1n) is 17.8. The number of nitrogens with one attached hydrogen (secondary N) is 2. The molecule has 0 aliphatic carbocycles. The Bertz CT molecular complexity index is 990. The molecular formula is C35H65N5O8. The third kappa shape index (κ3) is 21.5. The van der Waals surface area contributed by atoms with Crippen LogP contribution in [0.25, 0.3) is 0 Å². The molecule has 48 heavy (non-hydrogen) atoms. The first-order valence-corrected chi connectivity index (χ1v) is 17.8. The van der Waals surface area contributed by atoms with Crippen LogP contribution in [0.1, 0.15) is 113 Å². The summed E-state index contributed by atoms with van der Waals surface area (Å²) in [5.74, 6) is -0.249. The smallest absolute Gasteiger partial charge is 0.273 e. The van der Waals surface area contributed by atoms with E-state index in [1.54, 1.807) is 0 Å². The summed E-state index contributed by atoms with van der Waals surface area (Å²) in [4.78, 5) is 34.7. The molecule has 0 bridgehead atoms. The van der Waals surface area contributed by atoms with Crippen LogP contribution in [0.3, 0.4) is 0 Å². The molecule has 1 aromatic heterocycles. The number of anilines is 1. The Balaban J connectivity index is 2.31. The number of ether oxygens (including phenoxy) is 6. The molecule has 0 aliphatic heterocycles. The van der Waals surface area contributed by atoms with Crippen molar-refractivity contribution in [1.82, 2.24) is 20.6 Å². The van der Waals surface area contributed by atoms with Crippen LogP contribution in [0.4, 0.5) is 5.82 Å². The van der Waals surface area contributed by atoms with Crippen molar-refractivity contribution in [2.24, 2.45) is 5.92 Å². The third-order valence-electron chi connectivity index (χ3n) is 7.02. The van der Waals surface area contributed by atoms with Gasteiger partial charge in [-0.3, -0.25) is 9.59 Å². The lowest BCUT2D eigenvalue weighted by Crippen LogP contribution is -2.33. The van der Waals surface area contributed by atoms with E-state index in [0.717, 1.165) is 26.1 Å². The zero-order chi connectivity index (χ0) is 35.5. The number of amides is 2.